The minimum absolute atomic E-state index is 0.0457. The van der Waals surface area contributed by atoms with E-state index >= 15 is 0 Å². The first-order chi connectivity index (χ1) is 8.54. The van der Waals surface area contributed by atoms with Crippen molar-refractivity contribution in [2.24, 2.45) is 0 Å². The molecule has 1 rings (SSSR count). The summed E-state index contributed by atoms with van der Waals surface area (Å²) in [7, 11) is 0. The third kappa shape index (κ3) is 3.87. The van der Waals surface area contributed by atoms with Crippen LogP contribution < -0.4 is 0 Å². The van der Waals surface area contributed by atoms with Gasteiger partial charge in [0.25, 0.3) is 5.69 Å². The van der Waals surface area contributed by atoms with Gasteiger partial charge in [-0.05, 0) is 13.8 Å². The fraction of sp³-hybridized carbons (Fsp3) is 0.333. The minimum atomic E-state index is -0.539. The Balaban J connectivity index is 2.84. The third-order valence-electron chi connectivity index (χ3n) is 2.04. The molecule has 0 amide bonds. The summed E-state index contributed by atoms with van der Waals surface area (Å²) < 4.78 is 4.71. The van der Waals surface area contributed by atoms with Gasteiger partial charge in [-0.2, -0.15) is 0 Å². The van der Waals surface area contributed by atoms with Gasteiger partial charge in [0.15, 0.2) is 0 Å². The first kappa shape index (κ1) is 13.6. The predicted molar refractivity (Wildman–Crippen MR) is 63.8 cm³/mol. The minimum Gasteiger partial charge on any atom is -0.465 e. The molecule has 0 aromatic carbocycles. The molecule has 6 heteroatoms. The lowest BCUT2D eigenvalue weighted by atomic mass is 10.2. The molecule has 0 spiro atoms. The molecule has 0 atom stereocenters. The number of rotatable bonds is 3. The highest BCUT2D eigenvalue weighted by molar-refractivity contribution is 5.72. The van der Waals surface area contributed by atoms with E-state index in [1.807, 2.05) is 0 Å². The molecule has 1 aromatic heterocycles. The monoisotopic (exact) mass is 248 g/mol. The maximum atomic E-state index is 11.0. The number of aromatic nitrogens is 1. The topological polar surface area (TPSA) is 82.3 Å². The van der Waals surface area contributed by atoms with E-state index in [0.717, 1.165) is 0 Å². The van der Waals surface area contributed by atoms with Crippen LogP contribution in [0.4, 0.5) is 5.69 Å². The van der Waals surface area contributed by atoms with Crippen LogP contribution in [0.3, 0.4) is 0 Å². The lowest BCUT2D eigenvalue weighted by Crippen LogP contribution is -2.01. The standard InChI is InChI=1S/C12H12N2O4/c1-3-18-12(15)6-4-5-10-7-11(14(16)17)8-13-9(10)2/h7-8H,3,6H2,1-2H3. The van der Waals surface area contributed by atoms with Crippen LogP contribution in [0, 0.1) is 28.9 Å². The molecular weight excluding hydrogens is 236 g/mol. The second-order valence-electron chi connectivity index (χ2n) is 3.37. The molecule has 0 fully saturated rings. The van der Waals surface area contributed by atoms with E-state index in [4.69, 9.17) is 4.74 Å². The van der Waals surface area contributed by atoms with Crippen molar-refractivity contribution in [2.75, 3.05) is 6.61 Å². The van der Waals surface area contributed by atoms with Gasteiger partial charge < -0.3 is 4.74 Å². The van der Waals surface area contributed by atoms with Gasteiger partial charge in [0, 0.05) is 6.07 Å². The van der Waals surface area contributed by atoms with Gasteiger partial charge in [-0.1, -0.05) is 11.8 Å². The van der Waals surface area contributed by atoms with Crippen molar-refractivity contribution in [1.29, 1.82) is 0 Å². The number of nitro groups is 1. The Hall–Kier alpha value is -2.42. The summed E-state index contributed by atoms with van der Waals surface area (Å²) in [5.41, 5.74) is 0.895. The molecule has 0 bridgehead atoms. The highest BCUT2D eigenvalue weighted by atomic mass is 16.6. The number of aryl methyl sites for hydroxylation is 1. The molecule has 18 heavy (non-hydrogen) atoms. The summed E-state index contributed by atoms with van der Waals surface area (Å²) in [5.74, 6) is 4.87. The van der Waals surface area contributed by atoms with Crippen molar-refractivity contribution in [3.8, 4) is 11.8 Å². The average molecular weight is 248 g/mol. The molecule has 0 saturated heterocycles. The molecule has 94 valence electrons. The van der Waals surface area contributed by atoms with Crippen molar-refractivity contribution in [1.82, 2.24) is 4.98 Å². The summed E-state index contributed by atoms with van der Waals surface area (Å²) in [6.07, 6.45) is 1.13. The molecule has 1 aromatic rings. The number of nitrogens with zero attached hydrogens (tertiary/aromatic N) is 2. The lowest BCUT2D eigenvalue weighted by Gasteiger charge is -1.97. The number of carbonyl (C=O) groups excluding carboxylic acids is 1. The number of esters is 1. The molecule has 6 nitrogen and oxygen atoms in total. The molecule has 0 radical (unpaired) electrons. The van der Waals surface area contributed by atoms with E-state index in [1.54, 1.807) is 13.8 Å². The van der Waals surface area contributed by atoms with Gasteiger partial charge in [0.05, 0.1) is 22.8 Å². The van der Waals surface area contributed by atoms with Crippen LogP contribution in [0.15, 0.2) is 12.3 Å². The van der Waals surface area contributed by atoms with Gasteiger partial charge in [0.2, 0.25) is 0 Å². The van der Waals surface area contributed by atoms with Gasteiger partial charge in [-0.3, -0.25) is 19.9 Å². The summed E-state index contributed by atoms with van der Waals surface area (Å²) >= 11 is 0. The lowest BCUT2D eigenvalue weighted by molar-refractivity contribution is -0.385. The molecular formula is C12H12N2O4. The Labute approximate surface area is 104 Å². The maximum Gasteiger partial charge on any atom is 0.317 e. The van der Waals surface area contributed by atoms with E-state index in [1.165, 1.54) is 12.3 Å². The molecule has 0 N–H and O–H groups in total. The van der Waals surface area contributed by atoms with Crippen LogP contribution in [0.5, 0.6) is 0 Å². The van der Waals surface area contributed by atoms with Crippen LogP contribution in [-0.4, -0.2) is 22.5 Å². The molecule has 0 aliphatic carbocycles. The zero-order chi connectivity index (χ0) is 13.5. The van der Waals surface area contributed by atoms with Gasteiger partial charge in [-0.15, -0.1) is 0 Å². The van der Waals surface area contributed by atoms with Crippen molar-refractivity contribution in [3.63, 3.8) is 0 Å². The van der Waals surface area contributed by atoms with Crippen LogP contribution >= 0.6 is 0 Å². The Bertz CT molecular complexity index is 529. The van der Waals surface area contributed by atoms with Gasteiger partial charge in [0.1, 0.15) is 12.6 Å². The SMILES string of the molecule is CCOC(=O)CC#Cc1cc([N+](=O)[O-])cnc1C. The summed E-state index contributed by atoms with van der Waals surface area (Å²) in [6, 6.07) is 1.33. The van der Waals surface area contributed by atoms with Crippen LogP contribution in [0.1, 0.15) is 24.6 Å². The Morgan fingerprint density at radius 2 is 2.33 bits per heavy atom. The highest BCUT2D eigenvalue weighted by Gasteiger charge is 2.08. The quantitative estimate of drug-likeness (QED) is 0.351. The van der Waals surface area contributed by atoms with Crippen LogP contribution in [0.2, 0.25) is 0 Å². The van der Waals surface area contributed by atoms with Crippen molar-refractivity contribution < 1.29 is 14.5 Å². The Kier molecular flexibility index (Phi) is 4.81. The molecule has 0 aliphatic rings. The predicted octanol–water partition coefficient (Wildman–Crippen LogP) is 1.60. The fourth-order valence-electron chi connectivity index (χ4n) is 1.17. The van der Waals surface area contributed by atoms with Crippen LogP contribution in [0.25, 0.3) is 0 Å². The zero-order valence-corrected chi connectivity index (χ0v) is 10.1. The van der Waals surface area contributed by atoms with Crippen LogP contribution in [-0.2, 0) is 9.53 Å². The van der Waals surface area contributed by atoms with E-state index < -0.39 is 10.9 Å². The number of pyridine rings is 1. The average Bonchev–Trinajstić information content (AvgIpc) is 2.31. The number of carbonyl (C=O) groups is 1. The highest BCUT2D eigenvalue weighted by Crippen LogP contribution is 2.13. The number of hydrogen-bond donors (Lipinski definition) is 0. The second kappa shape index (κ2) is 6.35. The largest absolute Gasteiger partial charge is 0.465 e. The Morgan fingerprint density at radius 3 is 2.94 bits per heavy atom. The van der Waals surface area contributed by atoms with E-state index in [-0.39, 0.29) is 12.1 Å². The number of hydrogen-bond acceptors (Lipinski definition) is 5. The summed E-state index contributed by atoms with van der Waals surface area (Å²) in [4.78, 5) is 25.0. The zero-order valence-electron chi connectivity index (χ0n) is 10.1. The first-order valence-corrected chi connectivity index (χ1v) is 5.30. The summed E-state index contributed by atoms with van der Waals surface area (Å²) in [6.45, 7) is 3.70. The molecule has 1 heterocycles. The molecule has 0 unspecified atom stereocenters. The second-order valence-corrected chi connectivity index (χ2v) is 3.37. The maximum absolute atomic E-state index is 11.0. The van der Waals surface area contributed by atoms with Crippen molar-refractivity contribution >= 4 is 11.7 Å². The molecule has 0 aliphatic heterocycles. The number of ether oxygens (including phenoxy) is 1. The Morgan fingerprint density at radius 1 is 1.61 bits per heavy atom. The normalized spacial score (nSPS) is 9.22. The van der Waals surface area contributed by atoms with Gasteiger partial charge in [-0.25, -0.2) is 0 Å². The van der Waals surface area contributed by atoms with E-state index in [0.29, 0.717) is 17.9 Å². The third-order valence-corrected chi connectivity index (χ3v) is 2.04. The smallest absolute Gasteiger partial charge is 0.317 e. The fourth-order valence-corrected chi connectivity index (χ4v) is 1.17. The first-order valence-electron chi connectivity index (χ1n) is 5.30. The van der Waals surface area contributed by atoms with Crippen molar-refractivity contribution in [2.45, 2.75) is 20.3 Å². The van der Waals surface area contributed by atoms with E-state index in [9.17, 15) is 14.9 Å². The molecule has 0 saturated carbocycles. The summed E-state index contributed by atoms with van der Waals surface area (Å²) in [5, 5.41) is 10.6. The van der Waals surface area contributed by atoms with Crippen molar-refractivity contribution in [3.05, 3.63) is 33.6 Å². The van der Waals surface area contributed by atoms with E-state index in [2.05, 4.69) is 16.8 Å². The van der Waals surface area contributed by atoms with Gasteiger partial charge >= 0.3 is 5.97 Å².